The molecule has 0 aliphatic rings. The topological polar surface area (TPSA) is 42.0 Å². The number of hydrogen-bond donors (Lipinski definition) is 1. The summed E-state index contributed by atoms with van der Waals surface area (Å²) in [6.45, 7) is 3.71. The van der Waals surface area contributed by atoms with Gasteiger partial charge in [-0.05, 0) is 12.1 Å². The van der Waals surface area contributed by atoms with E-state index in [1.165, 1.54) is 18.3 Å². The van der Waals surface area contributed by atoms with Crippen molar-refractivity contribution in [2.24, 2.45) is 5.92 Å². The summed E-state index contributed by atoms with van der Waals surface area (Å²) in [5.41, 5.74) is 0.265. The number of aromatic nitrogens is 1. The van der Waals surface area contributed by atoms with E-state index >= 15 is 0 Å². The van der Waals surface area contributed by atoms with E-state index in [0.29, 0.717) is 0 Å². The summed E-state index contributed by atoms with van der Waals surface area (Å²) in [7, 11) is 0. The third kappa shape index (κ3) is 2.80. The number of pyridine rings is 1. The summed E-state index contributed by atoms with van der Waals surface area (Å²) >= 11 is 0. The van der Waals surface area contributed by atoms with Gasteiger partial charge in [0.05, 0.1) is 12.2 Å². The average Bonchev–Trinajstić information content (AvgIpc) is 2.16. The van der Waals surface area contributed by atoms with Gasteiger partial charge in [0.25, 0.3) is 0 Å². The Hall–Kier alpha value is -1.45. The van der Waals surface area contributed by atoms with Gasteiger partial charge in [-0.25, -0.2) is 4.39 Å². The molecule has 0 spiro atoms. The average molecular weight is 196 g/mol. The summed E-state index contributed by atoms with van der Waals surface area (Å²) < 4.78 is 13.0. The molecule has 1 amide bonds. The molecule has 0 aliphatic heterocycles. The fourth-order valence-electron chi connectivity index (χ4n) is 0.923. The second-order valence-electron chi connectivity index (χ2n) is 3.30. The van der Waals surface area contributed by atoms with E-state index in [1.807, 2.05) is 0 Å². The summed E-state index contributed by atoms with van der Waals surface area (Å²) in [4.78, 5) is 15.0. The molecule has 0 saturated heterocycles. The van der Waals surface area contributed by atoms with Crippen molar-refractivity contribution in [2.45, 2.75) is 20.4 Å². The molecule has 14 heavy (non-hydrogen) atoms. The van der Waals surface area contributed by atoms with Crippen LogP contribution < -0.4 is 5.32 Å². The van der Waals surface area contributed by atoms with Gasteiger partial charge in [0, 0.05) is 12.1 Å². The molecule has 0 fully saturated rings. The largest absolute Gasteiger partial charge is 0.350 e. The van der Waals surface area contributed by atoms with Crippen LogP contribution in [0.15, 0.2) is 18.3 Å². The van der Waals surface area contributed by atoms with Crippen LogP contribution in [-0.2, 0) is 11.3 Å². The molecule has 0 atom stereocenters. The standard InChI is InChI=1S/C10H13FN2O/c1-7(2)10(14)13-6-9-8(11)4-3-5-12-9/h3-5,7H,6H2,1-2H3,(H,13,14). The first kappa shape index (κ1) is 10.6. The van der Waals surface area contributed by atoms with Crippen LogP contribution in [0.2, 0.25) is 0 Å². The Balaban J connectivity index is 2.54. The molecule has 0 bridgehead atoms. The van der Waals surface area contributed by atoms with Gasteiger partial charge in [0.15, 0.2) is 0 Å². The molecule has 1 aromatic heterocycles. The van der Waals surface area contributed by atoms with Gasteiger partial charge < -0.3 is 5.32 Å². The zero-order valence-electron chi connectivity index (χ0n) is 8.25. The second kappa shape index (κ2) is 4.69. The molecule has 4 heteroatoms. The highest BCUT2D eigenvalue weighted by Crippen LogP contribution is 2.02. The number of rotatable bonds is 3. The summed E-state index contributed by atoms with van der Waals surface area (Å²) in [5, 5.41) is 2.60. The molecule has 0 aromatic carbocycles. The van der Waals surface area contributed by atoms with E-state index in [9.17, 15) is 9.18 Å². The smallest absolute Gasteiger partial charge is 0.222 e. The van der Waals surface area contributed by atoms with Crippen molar-refractivity contribution in [3.8, 4) is 0 Å². The number of amides is 1. The maximum Gasteiger partial charge on any atom is 0.222 e. The van der Waals surface area contributed by atoms with Crippen LogP contribution in [0, 0.1) is 11.7 Å². The number of hydrogen-bond acceptors (Lipinski definition) is 2. The molecular weight excluding hydrogens is 183 g/mol. The highest BCUT2D eigenvalue weighted by molar-refractivity contribution is 5.77. The molecule has 0 aliphatic carbocycles. The fourth-order valence-corrected chi connectivity index (χ4v) is 0.923. The SMILES string of the molecule is CC(C)C(=O)NCc1ncccc1F. The lowest BCUT2D eigenvalue weighted by Gasteiger charge is -2.07. The van der Waals surface area contributed by atoms with E-state index in [0.717, 1.165) is 0 Å². The third-order valence-corrected chi connectivity index (χ3v) is 1.79. The molecule has 1 aromatic rings. The van der Waals surface area contributed by atoms with Crippen LogP contribution in [0.5, 0.6) is 0 Å². The number of nitrogens with one attached hydrogen (secondary N) is 1. The lowest BCUT2D eigenvalue weighted by Crippen LogP contribution is -2.27. The van der Waals surface area contributed by atoms with E-state index in [4.69, 9.17) is 0 Å². The summed E-state index contributed by atoms with van der Waals surface area (Å²) in [6, 6.07) is 2.84. The van der Waals surface area contributed by atoms with Crippen molar-refractivity contribution in [1.82, 2.24) is 10.3 Å². The van der Waals surface area contributed by atoms with Crippen LogP contribution in [0.25, 0.3) is 0 Å². The van der Waals surface area contributed by atoms with Crippen molar-refractivity contribution < 1.29 is 9.18 Å². The lowest BCUT2D eigenvalue weighted by molar-refractivity contribution is -0.124. The maximum absolute atomic E-state index is 13.0. The van der Waals surface area contributed by atoms with Gasteiger partial charge >= 0.3 is 0 Å². The Kier molecular flexibility index (Phi) is 3.56. The predicted molar refractivity (Wildman–Crippen MR) is 50.9 cm³/mol. The van der Waals surface area contributed by atoms with Crippen LogP contribution in [0.1, 0.15) is 19.5 Å². The van der Waals surface area contributed by atoms with E-state index < -0.39 is 5.82 Å². The van der Waals surface area contributed by atoms with Crippen molar-refractivity contribution in [1.29, 1.82) is 0 Å². The number of nitrogens with zero attached hydrogens (tertiary/aromatic N) is 1. The fraction of sp³-hybridized carbons (Fsp3) is 0.400. The Morgan fingerprint density at radius 3 is 2.93 bits per heavy atom. The molecule has 1 rings (SSSR count). The Labute approximate surface area is 82.4 Å². The first-order chi connectivity index (χ1) is 6.61. The van der Waals surface area contributed by atoms with Gasteiger partial charge in [0.2, 0.25) is 5.91 Å². The highest BCUT2D eigenvalue weighted by Gasteiger charge is 2.08. The van der Waals surface area contributed by atoms with Crippen LogP contribution in [0.4, 0.5) is 4.39 Å². The summed E-state index contributed by atoms with van der Waals surface area (Å²) in [5.74, 6) is -0.589. The molecule has 76 valence electrons. The monoisotopic (exact) mass is 196 g/mol. The van der Waals surface area contributed by atoms with E-state index in [2.05, 4.69) is 10.3 Å². The Morgan fingerprint density at radius 2 is 2.36 bits per heavy atom. The zero-order chi connectivity index (χ0) is 10.6. The van der Waals surface area contributed by atoms with Crippen molar-refractivity contribution in [3.63, 3.8) is 0 Å². The third-order valence-electron chi connectivity index (χ3n) is 1.79. The highest BCUT2D eigenvalue weighted by atomic mass is 19.1. The van der Waals surface area contributed by atoms with Gasteiger partial charge in [-0.1, -0.05) is 13.8 Å². The molecule has 1 N–H and O–H groups in total. The Bertz CT molecular complexity index is 326. The van der Waals surface area contributed by atoms with Crippen LogP contribution in [0.3, 0.4) is 0 Å². The van der Waals surface area contributed by atoms with Gasteiger partial charge in [-0.15, -0.1) is 0 Å². The van der Waals surface area contributed by atoms with E-state index in [1.54, 1.807) is 13.8 Å². The Morgan fingerprint density at radius 1 is 1.64 bits per heavy atom. The molecular formula is C10H13FN2O. The van der Waals surface area contributed by atoms with E-state index in [-0.39, 0.29) is 24.1 Å². The molecule has 1 heterocycles. The molecule has 0 saturated carbocycles. The summed E-state index contributed by atoms with van der Waals surface area (Å²) in [6.07, 6.45) is 1.50. The minimum atomic E-state index is -0.392. The van der Waals surface area contributed by atoms with Crippen LogP contribution in [-0.4, -0.2) is 10.9 Å². The van der Waals surface area contributed by atoms with Crippen molar-refractivity contribution >= 4 is 5.91 Å². The van der Waals surface area contributed by atoms with Crippen LogP contribution >= 0.6 is 0 Å². The number of carbonyl (C=O) groups is 1. The minimum absolute atomic E-state index is 0.0956. The minimum Gasteiger partial charge on any atom is -0.350 e. The molecule has 0 radical (unpaired) electrons. The van der Waals surface area contributed by atoms with Gasteiger partial charge in [-0.2, -0.15) is 0 Å². The quantitative estimate of drug-likeness (QED) is 0.795. The number of carbonyl (C=O) groups excluding carboxylic acids is 1. The predicted octanol–water partition coefficient (Wildman–Crippen LogP) is 1.49. The first-order valence-corrected chi connectivity index (χ1v) is 4.48. The normalized spacial score (nSPS) is 10.3. The first-order valence-electron chi connectivity index (χ1n) is 4.48. The lowest BCUT2D eigenvalue weighted by atomic mass is 10.2. The molecule has 3 nitrogen and oxygen atoms in total. The van der Waals surface area contributed by atoms with Crippen molar-refractivity contribution in [2.75, 3.05) is 0 Å². The van der Waals surface area contributed by atoms with Gasteiger partial charge in [0.1, 0.15) is 5.82 Å². The molecule has 0 unspecified atom stereocenters. The maximum atomic E-state index is 13.0. The van der Waals surface area contributed by atoms with Gasteiger partial charge in [-0.3, -0.25) is 9.78 Å². The second-order valence-corrected chi connectivity index (χ2v) is 3.30. The number of halogens is 1. The van der Waals surface area contributed by atoms with Crippen molar-refractivity contribution in [3.05, 3.63) is 29.8 Å². The zero-order valence-corrected chi connectivity index (χ0v) is 8.25.